The number of aliphatic imine (C=N–C) groups is 2. The van der Waals surface area contributed by atoms with Crippen LogP contribution in [0, 0.1) is 0 Å². The normalized spacial score (nSPS) is 10.8. The smallest absolute Gasteiger partial charge is 0.209 e. The van der Waals surface area contributed by atoms with Crippen LogP contribution in [0.5, 0.6) is 11.5 Å². The van der Waals surface area contributed by atoms with E-state index < -0.39 is 0 Å². The Morgan fingerprint density at radius 2 is 0.930 bits per heavy atom. The van der Waals surface area contributed by atoms with Gasteiger partial charge in [0.15, 0.2) is 0 Å². The minimum atomic E-state index is 0. The van der Waals surface area contributed by atoms with Crippen molar-refractivity contribution in [1.29, 1.82) is 0 Å². The Kier molecular flexibility index (Phi) is 11.6. The molecule has 4 aromatic carbocycles. The van der Waals surface area contributed by atoms with E-state index in [4.69, 9.17) is 23.2 Å². The summed E-state index contributed by atoms with van der Waals surface area (Å²) in [5, 5.41) is 25.9. The van der Waals surface area contributed by atoms with Crippen LogP contribution in [-0.2, 0) is 17.1 Å². The molecule has 6 rings (SSSR count). The number of nitrogens with zero attached hydrogens (tertiary/aromatic N) is 4. The molecule has 0 spiro atoms. The van der Waals surface area contributed by atoms with Crippen LogP contribution < -0.4 is 0 Å². The summed E-state index contributed by atoms with van der Waals surface area (Å²) in [5.74, 6) is 0.409. The summed E-state index contributed by atoms with van der Waals surface area (Å²) < 4.78 is 0. The van der Waals surface area contributed by atoms with Crippen LogP contribution >= 0.6 is 45.9 Å². The van der Waals surface area contributed by atoms with Crippen LogP contribution in [-0.4, -0.2) is 32.6 Å². The van der Waals surface area contributed by atoms with Crippen molar-refractivity contribution in [3.63, 3.8) is 0 Å². The van der Waals surface area contributed by atoms with Crippen molar-refractivity contribution in [2.75, 3.05) is 0 Å². The van der Waals surface area contributed by atoms with Gasteiger partial charge in [0.1, 0.15) is 11.5 Å². The molecular weight excluding hydrogens is 671 g/mol. The summed E-state index contributed by atoms with van der Waals surface area (Å²) in [6.45, 7) is 0. The van der Waals surface area contributed by atoms with E-state index in [1.54, 1.807) is 48.8 Å². The second-order valence-electron chi connectivity index (χ2n) is 8.68. The third-order valence-electron chi connectivity index (χ3n) is 5.77. The predicted octanol–water partition coefficient (Wildman–Crippen LogP) is 9.84. The molecule has 0 unspecified atom stereocenters. The molecule has 6 nitrogen and oxygen atoms in total. The van der Waals surface area contributed by atoms with Crippen molar-refractivity contribution in [3.05, 3.63) is 129 Å². The molecule has 0 atom stereocenters. The maximum Gasteiger partial charge on any atom is 0.209 e. The summed E-state index contributed by atoms with van der Waals surface area (Å²) >= 11 is 14.6. The standard InChI is InChI=1S/2C16H11ClN2OS.Cu/c2*17-13-7-5-11(6-8-13)14-10-21-16(19-14)18-9-12-3-1-2-4-15(12)20;/h2*1-10,20H;/b2*18-9+;. The molecule has 6 aromatic rings. The summed E-state index contributed by atoms with van der Waals surface area (Å²) in [6.07, 6.45) is 3.22. The molecule has 0 fully saturated rings. The number of aromatic hydroxyl groups is 2. The Bertz CT molecular complexity index is 1700. The molecule has 2 N–H and O–H groups in total. The average molecular weight is 693 g/mol. The number of thiazole rings is 2. The monoisotopic (exact) mass is 691 g/mol. The molecule has 2 aromatic heterocycles. The van der Waals surface area contributed by atoms with Gasteiger partial charge in [0.2, 0.25) is 10.3 Å². The molecule has 43 heavy (non-hydrogen) atoms. The zero-order valence-corrected chi connectivity index (χ0v) is 26.2. The van der Waals surface area contributed by atoms with E-state index in [1.165, 1.54) is 22.7 Å². The Hall–Kier alpha value is -3.82. The number of hydrogen-bond acceptors (Lipinski definition) is 8. The van der Waals surface area contributed by atoms with Crippen molar-refractivity contribution >= 4 is 68.6 Å². The molecule has 1 radical (unpaired) electrons. The number of phenolic OH excluding ortho intramolecular Hbond substituents is 2. The number of aromatic nitrogens is 2. The zero-order chi connectivity index (χ0) is 29.3. The molecule has 0 aliphatic heterocycles. The minimum Gasteiger partial charge on any atom is -0.507 e. The van der Waals surface area contributed by atoms with Crippen LogP contribution in [0.4, 0.5) is 10.3 Å². The summed E-state index contributed by atoms with van der Waals surface area (Å²) in [5.41, 5.74) is 5.06. The fraction of sp³-hybridized carbons (Fsp3) is 0. The molecule has 0 saturated heterocycles. The Morgan fingerprint density at radius 1 is 0.558 bits per heavy atom. The SMILES string of the molecule is Oc1ccccc1/C=N/c1nc(-c2ccc(Cl)cc2)cs1.Oc1ccccc1/C=N/c1nc(-c2ccc(Cl)cc2)cs1.[Cu]. The predicted molar refractivity (Wildman–Crippen MR) is 176 cm³/mol. The molecule has 0 saturated carbocycles. The van der Waals surface area contributed by atoms with E-state index >= 15 is 0 Å². The van der Waals surface area contributed by atoms with Crippen molar-refractivity contribution in [3.8, 4) is 34.0 Å². The second-order valence-corrected chi connectivity index (χ2v) is 11.2. The van der Waals surface area contributed by atoms with Gasteiger partial charge in [-0.3, -0.25) is 0 Å². The van der Waals surface area contributed by atoms with E-state index in [2.05, 4.69) is 20.0 Å². The first kappa shape index (κ1) is 32.1. The second kappa shape index (κ2) is 15.6. The van der Waals surface area contributed by atoms with Crippen molar-refractivity contribution in [2.24, 2.45) is 9.98 Å². The van der Waals surface area contributed by atoms with Crippen molar-refractivity contribution in [1.82, 2.24) is 9.97 Å². The zero-order valence-electron chi connectivity index (χ0n) is 22.1. The van der Waals surface area contributed by atoms with Gasteiger partial charge >= 0.3 is 0 Å². The molecule has 0 aliphatic rings. The van der Waals surface area contributed by atoms with Gasteiger partial charge in [-0.05, 0) is 48.5 Å². The van der Waals surface area contributed by atoms with Gasteiger partial charge < -0.3 is 10.2 Å². The van der Waals surface area contributed by atoms with E-state index in [9.17, 15) is 10.2 Å². The Morgan fingerprint density at radius 3 is 1.30 bits per heavy atom. The van der Waals surface area contributed by atoms with E-state index in [0.717, 1.165) is 22.5 Å². The topological polar surface area (TPSA) is 91.0 Å². The first-order valence-electron chi connectivity index (χ1n) is 12.5. The fourth-order valence-electron chi connectivity index (χ4n) is 3.60. The third-order valence-corrected chi connectivity index (χ3v) is 7.77. The number of rotatable bonds is 6. The van der Waals surface area contributed by atoms with Gasteiger partial charge in [0, 0.05) is 72.6 Å². The summed E-state index contributed by atoms with van der Waals surface area (Å²) in [7, 11) is 0. The van der Waals surface area contributed by atoms with E-state index in [-0.39, 0.29) is 28.6 Å². The van der Waals surface area contributed by atoms with Crippen LogP contribution in [0.3, 0.4) is 0 Å². The van der Waals surface area contributed by atoms with Gasteiger partial charge in [-0.2, -0.15) is 0 Å². The van der Waals surface area contributed by atoms with Gasteiger partial charge in [0.25, 0.3) is 0 Å². The van der Waals surface area contributed by atoms with Crippen LogP contribution in [0.2, 0.25) is 10.0 Å². The van der Waals surface area contributed by atoms with Crippen molar-refractivity contribution in [2.45, 2.75) is 0 Å². The maximum atomic E-state index is 9.68. The fourth-order valence-corrected chi connectivity index (χ4v) is 5.19. The van der Waals surface area contributed by atoms with Gasteiger partial charge in [-0.1, -0.05) is 71.7 Å². The van der Waals surface area contributed by atoms with Crippen LogP contribution in [0.25, 0.3) is 22.5 Å². The van der Waals surface area contributed by atoms with Gasteiger partial charge in [-0.15, -0.1) is 22.7 Å². The average Bonchev–Trinajstić information content (AvgIpc) is 3.68. The number of halogens is 2. The quantitative estimate of drug-likeness (QED) is 0.134. The molecule has 11 heteroatoms. The third kappa shape index (κ3) is 9.08. The first-order chi connectivity index (χ1) is 20.4. The molecule has 0 bridgehead atoms. The number of benzene rings is 4. The van der Waals surface area contributed by atoms with Crippen molar-refractivity contribution < 1.29 is 27.3 Å². The molecule has 0 amide bonds. The van der Waals surface area contributed by atoms with Crippen LogP contribution in [0.1, 0.15) is 11.1 Å². The van der Waals surface area contributed by atoms with E-state index in [1.807, 2.05) is 71.4 Å². The van der Waals surface area contributed by atoms with Gasteiger partial charge in [0.05, 0.1) is 11.4 Å². The molecule has 2 heterocycles. The van der Waals surface area contributed by atoms with Gasteiger partial charge in [-0.25, -0.2) is 20.0 Å². The first-order valence-corrected chi connectivity index (χ1v) is 15.0. The minimum absolute atomic E-state index is 0. The molecule has 0 aliphatic carbocycles. The largest absolute Gasteiger partial charge is 0.507 e. The summed E-state index contributed by atoms with van der Waals surface area (Å²) in [6, 6.07) is 29.1. The summed E-state index contributed by atoms with van der Waals surface area (Å²) in [4.78, 5) is 17.5. The van der Waals surface area contributed by atoms with E-state index in [0.29, 0.717) is 31.4 Å². The van der Waals surface area contributed by atoms with Crippen LogP contribution in [0.15, 0.2) is 118 Å². The number of hydrogen-bond donors (Lipinski definition) is 2. The molecule has 219 valence electrons. The number of phenols is 2. The molecular formula is C32H22Cl2CuN4O2S2. The number of para-hydroxylation sites is 2. The Labute approximate surface area is 277 Å². The Balaban J connectivity index is 0.000000192. The maximum absolute atomic E-state index is 9.68.